The Morgan fingerprint density at radius 2 is 2.24 bits per heavy atom. The van der Waals surface area contributed by atoms with E-state index in [1.54, 1.807) is 5.32 Å². The molecule has 0 saturated carbocycles. The molecule has 0 aromatic heterocycles. The molecule has 94 valence electrons. The lowest BCUT2D eigenvalue weighted by Gasteiger charge is -2.28. The molecule has 1 atom stereocenters. The van der Waals surface area contributed by atoms with E-state index in [0.29, 0.717) is 5.75 Å². The second-order valence-electron chi connectivity index (χ2n) is 3.59. The molecular formula is C8H8F3N3O2S. The first-order valence-electron chi connectivity index (χ1n) is 4.68. The van der Waals surface area contributed by atoms with Crippen LogP contribution in [-0.2, 0) is 9.59 Å². The maximum atomic E-state index is 13.0. The zero-order chi connectivity index (χ0) is 12.8. The van der Waals surface area contributed by atoms with E-state index in [9.17, 15) is 22.8 Å². The summed E-state index contributed by atoms with van der Waals surface area (Å²) < 4.78 is 38.9. The van der Waals surface area contributed by atoms with Crippen LogP contribution < -0.4 is 5.32 Å². The van der Waals surface area contributed by atoms with Crippen molar-refractivity contribution in [3.8, 4) is 0 Å². The SMILES string of the molecule is CC(=O)N[C@]1(C(F)(F)F)N=C2SCCN2C1=O. The van der Waals surface area contributed by atoms with Crippen molar-refractivity contribution >= 4 is 28.7 Å². The highest BCUT2D eigenvalue weighted by Gasteiger charge is 2.67. The quantitative estimate of drug-likeness (QED) is 0.744. The van der Waals surface area contributed by atoms with Gasteiger partial charge in [-0.2, -0.15) is 13.2 Å². The minimum atomic E-state index is -4.95. The molecule has 0 radical (unpaired) electrons. The van der Waals surface area contributed by atoms with Gasteiger partial charge >= 0.3 is 11.8 Å². The van der Waals surface area contributed by atoms with Gasteiger partial charge in [-0.1, -0.05) is 11.8 Å². The van der Waals surface area contributed by atoms with Crippen LogP contribution in [0.4, 0.5) is 13.2 Å². The van der Waals surface area contributed by atoms with Crippen LogP contribution in [0.2, 0.25) is 0 Å². The first-order chi connectivity index (χ1) is 7.78. The third-order valence-electron chi connectivity index (χ3n) is 2.36. The van der Waals surface area contributed by atoms with E-state index < -0.39 is 23.7 Å². The minimum Gasteiger partial charge on any atom is -0.317 e. The summed E-state index contributed by atoms with van der Waals surface area (Å²) in [4.78, 5) is 26.9. The molecular weight excluding hydrogens is 259 g/mol. The van der Waals surface area contributed by atoms with Crippen molar-refractivity contribution in [2.75, 3.05) is 12.3 Å². The average Bonchev–Trinajstić information content (AvgIpc) is 2.68. The Labute approximate surface area is 98.4 Å². The first kappa shape index (κ1) is 12.2. The number of aliphatic imine (C=N–C) groups is 1. The number of hydrogen-bond donors (Lipinski definition) is 1. The van der Waals surface area contributed by atoms with Crippen molar-refractivity contribution in [1.82, 2.24) is 10.2 Å². The van der Waals surface area contributed by atoms with E-state index in [2.05, 4.69) is 4.99 Å². The summed E-state index contributed by atoms with van der Waals surface area (Å²) in [6, 6.07) is 0. The molecule has 17 heavy (non-hydrogen) atoms. The van der Waals surface area contributed by atoms with Gasteiger partial charge in [-0.15, -0.1) is 0 Å². The number of amides is 2. The molecule has 2 rings (SSSR count). The van der Waals surface area contributed by atoms with E-state index in [1.807, 2.05) is 0 Å². The van der Waals surface area contributed by atoms with Crippen molar-refractivity contribution in [3.05, 3.63) is 0 Å². The molecule has 9 heteroatoms. The van der Waals surface area contributed by atoms with E-state index in [4.69, 9.17) is 0 Å². The number of carbonyl (C=O) groups excluding carboxylic acids is 2. The van der Waals surface area contributed by atoms with Crippen LogP contribution in [0.5, 0.6) is 0 Å². The summed E-state index contributed by atoms with van der Waals surface area (Å²) in [5.41, 5.74) is -3.14. The normalized spacial score (nSPS) is 28.1. The lowest BCUT2D eigenvalue weighted by atomic mass is 10.1. The van der Waals surface area contributed by atoms with Crippen LogP contribution in [0.15, 0.2) is 4.99 Å². The van der Waals surface area contributed by atoms with Crippen molar-refractivity contribution in [1.29, 1.82) is 0 Å². The molecule has 1 N–H and O–H groups in total. The van der Waals surface area contributed by atoms with Gasteiger partial charge in [0.25, 0.3) is 5.91 Å². The Balaban J connectivity index is 2.46. The van der Waals surface area contributed by atoms with Crippen LogP contribution >= 0.6 is 11.8 Å². The highest BCUT2D eigenvalue weighted by Crippen LogP contribution is 2.40. The third-order valence-corrected chi connectivity index (χ3v) is 3.32. The zero-order valence-electron chi connectivity index (χ0n) is 8.67. The Kier molecular flexibility index (Phi) is 2.60. The second kappa shape index (κ2) is 3.62. The first-order valence-corrected chi connectivity index (χ1v) is 5.66. The van der Waals surface area contributed by atoms with Gasteiger partial charge in [-0.3, -0.25) is 14.5 Å². The number of alkyl halides is 3. The number of nitrogens with one attached hydrogen (secondary N) is 1. The van der Waals surface area contributed by atoms with Crippen LogP contribution in [0.25, 0.3) is 0 Å². The summed E-state index contributed by atoms with van der Waals surface area (Å²) in [5.74, 6) is -1.68. The van der Waals surface area contributed by atoms with Gasteiger partial charge in [-0.25, -0.2) is 4.99 Å². The van der Waals surface area contributed by atoms with Gasteiger partial charge in [0.2, 0.25) is 5.91 Å². The summed E-state index contributed by atoms with van der Waals surface area (Å²) in [6.07, 6.45) is -4.95. The van der Waals surface area contributed by atoms with Gasteiger partial charge in [0.1, 0.15) is 0 Å². The Morgan fingerprint density at radius 3 is 2.71 bits per heavy atom. The molecule has 0 aliphatic carbocycles. The predicted octanol–water partition coefficient (Wildman–Crippen LogP) is 0.326. The third kappa shape index (κ3) is 1.68. The molecule has 2 aliphatic rings. The Hall–Kier alpha value is -1.25. The van der Waals surface area contributed by atoms with E-state index in [1.165, 1.54) is 0 Å². The summed E-state index contributed by atoms with van der Waals surface area (Å²) in [5, 5.41) is 1.63. The number of rotatable bonds is 1. The van der Waals surface area contributed by atoms with Crippen LogP contribution in [0, 0.1) is 0 Å². The van der Waals surface area contributed by atoms with E-state index >= 15 is 0 Å². The lowest BCUT2D eigenvalue weighted by molar-refractivity contribution is -0.199. The van der Waals surface area contributed by atoms with Gasteiger partial charge in [0.15, 0.2) is 5.17 Å². The molecule has 5 nitrogen and oxygen atoms in total. The monoisotopic (exact) mass is 267 g/mol. The molecule has 0 spiro atoms. The molecule has 2 aliphatic heterocycles. The van der Waals surface area contributed by atoms with Crippen molar-refractivity contribution < 1.29 is 22.8 Å². The van der Waals surface area contributed by atoms with Gasteiger partial charge in [0, 0.05) is 19.2 Å². The maximum Gasteiger partial charge on any atom is 0.442 e. The molecule has 1 fully saturated rings. The number of hydrogen-bond acceptors (Lipinski definition) is 4. The zero-order valence-corrected chi connectivity index (χ0v) is 9.48. The van der Waals surface area contributed by atoms with Crippen molar-refractivity contribution in [2.24, 2.45) is 4.99 Å². The van der Waals surface area contributed by atoms with Crippen LogP contribution in [0.1, 0.15) is 6.92 Å². The minimum absolute atomic E-state index is 0.0149. The Morgan fingerprint density at radius 1 is 1.59 bits per heavy atom. The molecule has 0 unspecified atom stereocenters. The topological polar surface area (TPSA) is 61.8 Å². The number of carbonyl (C=O) groups is 2. The summed E-state index contributed by atoms with van der Waals surface area (Å²) in [7, 11) is 0. The molecule has 2 heterocycles. The second-order valence-corrected chi connectivity index (χ2v) is 4.65. The maximum absolute atomic E-state index is 13.0. The molecule has 1 saturated heterocycles. The number of thioether (sulfide) groups is 1. The number of amidine groups is 1. The largest absolute Gasteiger partial charge is 0.442 e. The molecule has 0 bridgehead atoms. The van der Waals surface area contributed by atoms with Crippen molar-refractivity contribution in [2.45, 2.75) is 18.8 Å². The predicted molar refractivity (Wildman–Crippen MR) is 54.2 cm³/mol. The summed E-state index contributed by atoms with van der Waals surface area (Å²) in [6.45, 7) is 1.09. The summed E-state index contributed by atoms with van der Waals surface area (Å²) >= 11 is 1.07. The van der Waals surface area contributed by atoms with Crippen molar-refractivity contribution in [3.63, 3.8) is 0 Å². The highest BCUT2D eigenvalue weighted by atomic mass is 32.2. The smallest absolute Gasteiger partial charge is 0.317 e. The molecule has 0 aromatic carbocycles. The van der Waals surface area contributed by atoms with Crippen LogP contribution in [-0.4, -0.2) is 46.0 Å². The average molecular weight is 267 g/mol. The fraction of sp³-hybridized carbons (Fsp3) is 0.625. The standard InChI is InChI=1S/C8H8F3N3O2S/c1-4(15)12-7(8(9,10)11)5(16)14-2-3-17-6(14)13-7/h2-3H2,1H3,(H,12,15)/t7-/m0/s1. The van der Waals surface area contributed by atoms with E-state index in [-0.39, 0.29) is 11.7 Å². The number of fused-ring (bicyclic) bond motifs is 1. The fourth-order valence-electron chi connectivity index (χ4n) is 1.66. The van der Waals surface area contributed by atoms with E-state index in [0.717, 1.165) is 23.6 Å². The van der Waals surface area contributed by atoms with Gasteiger partial charge in [-0.05, 0) is 0 Å². The van der Waals surface area contributed by atoms with Gasteiger partial charge in [0.05, 0.1) is 0 Å². The van der Waals surface area contributed by atoms with Crippen LogP contribution in [0.3, 0.4) is 0 Å². The molecule has 0 aromatic rings. The highest BCUT2D eigenvalue weighted by molar-refractivity contribution is 8.14. The molecule has 2 amide bonds. The Bertz CT molecular complexity index is 423. The lowest BCUT2D eigenvalue weighted by Crippen LogP contribution is -2.63. The number of halogens is 3. The van der Waals surface area contributed by atoms with Gasteiger partial charge < -0.3 is 5.32 Å². The fourth-order valence-corrected chi connectivity index (χ4v) is 2.65. The number of nitrogens with zero attached hydrogens (tertiary/aromatic N) is 2.